The number of hydrogen-bond donors (Lipinski definition) is 0. The van der Waals surface area contributed by atoms with E-state index in [2.05, 4.69) is 0 Å². The van der Waals surface area contributed by atoms with Crippen LogP contribution in [0, 0.1) is 0 Å². The molecular formula is C5H9FeO. The summed E-state index contributed by atoms with van der Waals surface area (Å²) in [6, 6.07) is 0. The van der Waals surface area contributed by atoms with Crippen LogP contribution in [-0.2, 0) is 19.3 Å². The van der Waals surface area contributed by atoms with Crippen LogP contribution in [0.3, 0.4) is 0 Å². The second kappa shape index (κ2) is 4.22. The topological polar surface area (TPSA) is 17.1 Å². The molecule has 0 saturated heterocycles. The molecule has 43 valence electrons. The maximum atomic E-state index is 10.2. The second-order valence-electron chi connectivity index (χ2n) is 1.18. The van der Waals surface area contributed by atoms with Gasteiger partial charge in [0.25, 0.3) is 0 Å². The van der Waals surface area contributed by atoms with Crippen molar-refractivity contribution in [3.05, 3.63) is 0 Å². The van der Waals surface area contributed by atoms with Gasteiger partial charge in [-0.3, -0.25) is 0 Å². The molecule has 0 aromatic rings. The van der Waals surface area contributed by atoms with Crippen LogP contribution < -0.4 is 0 Å². The van der Waals surface area contributed by atoms with E-state index >= 15 is 0 Å². The van der Waals surface area contributed by atoms with Crippen molar-refractivity contribution in [3.63, 3.8) is 0 Å². The van der Waals surface area contributed by atoms with Crippen molar-refractivity contribution in [2.45, 2.75) is 19.2 Å². The summed E-state index contributed by atoms with van der Waals surface area (Å²) in [5.74, 6) is 0.276. The van der Waals surface area contributed by atoms with Crippen molar-refractivity contribution in [2.24, 2.45) is 0 Å². The third-order valence-corrected chi connectivity index (χ3v) is 1.62. The Morgan fingerprint density at radius 3 is 2.57 bits per heavy atom. The molecule has 0 aromatic heterocycles. The van der Waals surface area contributed by atoms with Crippen molar-refractivity contribution in [1.29, 1.82) is 0 Å². The summed E-state index contributed by atoms with van der Waals surface area (Å²) in [7, 11) is 0. The minimum absolute atomic E-state index is 0.276. The van der Waals surface area contributed by atoms with E-state index in [9.17, 15) is 4.79 Å². The van der Waals surface area contributed by atoms with E-state index < -0.39 is 0 Å². The van der Waals surface area contributed by atoms with Crippen molar-refractivity contribution in [2.75, 3.05) is 0 Å². The molecule has 0 atom stereocenters. The predicted molar refractivity (Wildman–Crippen MR) is 27.2 cm³/mol. The van der Waals surface area contributed by atoms with Crippen LogP contribution in [-0.4, -0.2) is 10.7 Å². The summed E-state index contributed by atoms with van der Waals surface area (Å²) >= 11 is 0.926. The summed E-state index contributed by atoms with van der Waals surface area (Å²) in [6.07, 6.45) is 0. The van der Waals surface area contributed by atoms with Gasteiger partial charge in [-0.15, -0.1) is 0 Å². The van der Waals surface area contributed by atoms with Crippen molar-refractivity contribution in [1.82, 2.24) is 0 Å². The number of rotatable bonds is 2. The molecule has 1 nitrogen and oxygen atoms in total. The number of carbonyl (C=O) groups excluding carboxylic acids is 1. The normalized spacial score (nSPS) is 11.1. The Balaban J connectivity index is 3.14. The summed E-state index contributed by atoms with van der Waals surface area (Å²) in [5.41, 5.74) is 0. The first kappa shape index (κ1) is 7.06. The minimum atomic E-state index is 0.276. The fourth-order valence-corrected chi connectivity index (χ4v) is 0.717. The first-order valence-corrected chi connectivity index (χ1v) is 3.51. The fourth-order valence-electron chi connectivity index (χ4n) is 0.174. The molecule has 0 unspecified atom stereocenters. The number of Topliss-reactive ketones (excluding diaryl/α,β-unsaturated/α-hetero) is 1. The first-order chi connectivity index (χ1) is 3.27. The van der Waals surface area contributed by atoms with E-state index in [-0.39, 0.29) is 5.78 Å². The Morgan fingerprint density at radius 1 is 1.86 bits per heavy atom. The molecule has 0 saturated carbocycles. The second-order valence-corrected chi connectivity index (χ2v) is 2.65. The average Bonchev–Trinajstić information content (AvgIpc) is 1.61. The monoisotopic (exact) mass is 141 g/mol. The Labute approximate surface area is 49.8 Å². The van der Waals surface area contributed by atoms with E-state index in [1.807, 2.05) is 11.8 Å². The van der Waals surface area contributed by atoms with E-state index in [1.54, 1.807) is 6.92 Å². The van der Waals surface area contributed by atoms with Gasteiger partial charge >= 0.3 is 49.2 Å². The molecule has 0 amide bonds. The summed E-state index contributed by atoms with van der Waals surface area (Å²) in [5, 5.41) is 0.705. The molecule has 0 aliphatic heterocycles. The van der Waals surface area contributed by atoms with Crippen molar-refractivity contribution >= 4 is 10.7 Å². The molecule has 0 bridgehead atoms. The molecule has 0 radical (unpaired) electrons. The van der Waals surface area contributed by atoms with E-state index in [0.29, 0.717) is 5.32 Å². The van der Waals surface area contributed by atoms with Gasteiger partial charge in [-0.05, 0) is 0 Å². The van der Waals surface area contributed by atoms with Crippen molar-refractivity contribution < 1.29 is 19.3 Å². The van der Waals surface area contributed by atoms with Crippen LogP contribution in [0.4, 0.5) is 0 Å². The van der Waals surface area contributed by atoms with Crippen LogP contribution in [0.15, 0.2) is 0 Å². The molecule has 0 aromatic carbocycles. The summed E-state index contributed by atoms with van der Waals surface area (Å²) in [6.45, 7) is 3.58. The van der Waals surface area contributed by atoms with Crippen LogP contribution >= 0.6 is 0 Å². The third kappa shape index (κ3) is 6.06. The maximum absolute atomic E-state index is 10.2. The summed E-state index contributed by atoms with van der Waals surface area (Å²) < 4.78 is 0. The SMILES string of the molecule is C[CH]=[Fe][CH2]C(C)=O. The average molecular weight is 141 g/mol. The van der Waals surface area contributed by atoms with Crippen LogP contribution in [0.5, 0.6) is 0 Å². The molecule has 2 heteroatoms. The zero-order valence-corrected chi connectivity index (χ0v) is 5.65. The van der Waals surface area contributed by atoms with Gasteiger partial charge in [0.15, 0.2) is 0 Å². The quantitative estimate of drug-likeness (QED) is 0.522. The Morgan fingerprint density at radius 2 is 2.43 bits per heavy atom. The van der Waals surface area contributed by atoms with Crippen LogP contribution in [0.25, 0.3) is 0 Å². The van der Waals surface area contributed by atoms with E-state index in [1.165, 1.54) is 0 Å². The molecule has 0 N–H and O–H groups in total. The Hall–Kier alpha value is 0.0595. The molecule has 0 aliphatic carbocycles. The van der Waals surface area contributed by atoms with Gasteiger partial charge in [-0.1, -0.05) is 0 Å². The van der Waals surface area contributed by atoms with Gasteiger partial charge in [0.1, 0.15) is 0 Å². The zero-order chi connectivity index (χ0) is 5.70. The molecule has 0 fully saturated rings. The van der Waals surface area contributed by atoms with Gasteiger partial charge in [0.2, 0.25) is 0 Å². The van der Waals surface area contributed by atoms with Gasteiger partial charge in [-0.25, -0.2) is 0 Å². The molecule has 0 rings (SSSR count). The first-order valence-electron chi connectivity index (χ1n) is 2.09. The summed E-state index contributed by atoms with van der Waals surface area (Å²) in [4.78, 5) is 12.2. The molecule has 0 spiro atoms. The molecule has 7 heavy (non-hydrogen) atoms. The molecule has 0 heterocycles. The van der Waals surface area contributed by atoms with E-state index in [4.69, 9.17) is 0 Å². The number of ketones is 1. The Bertz CT molecular complexity index is 86.1. The van der Waals surface area contributed by atoms with Crippen LogP contribution in [0.2, 0.25) is 5.32 Å². The molecular weight excluding hydrogens is 132 g/mol. The standard InChI is InChI=1S/C3H5O.C2H4.Fe/c1-3(2)4;1-2;/h1H2,2H3;1H,2H3;. The molecule has 0 aliphatic rings. The van der Waals surface area contributed by atoms with Crippen molar-refractivity contribution in [3.8, 4) is 0 Å². The third-order valence-electron chi connectivity index (χ3n) is 0.393. The number of hydrogen-bond acceptors (Lipinski definition) is 1. The fraction of sp³-hybridized carbons (Fsp3) is 0.600. The van der Waals surface area contributed by atoms with Gasteiger partial charge in [0, 0.05) is 0 Å². The van der Waals surface area contributed by atoms with Crippen LogP contribution in [0.1, 0.15) is 13.8 Å². The Kier molecular flexibility index (Phi) is 4.26. The zero-order valence-electron chi connectivity index (χ0n) is 4.55. The number of carbonyl (C=O) groups is 1. The van der Waals surface area contributed by atoms with Gasteiger partial charge in [-0.2, -0.15) is 0 Å². The van der Waals surface area contributed by atoms with E-state index in [0.717, 1.165) is 14.5 Å². The predicted octanol–water partition coefficient (Wildman–Crippen LogP) is 0.898. The van der Waals surface area contributed by atoms with Gasteiger partial charge in [0.05, 0.1) is 0 Å². The van der Waals surface area contributed by atoms with Gasteiger partial charge < -0.3 is 0 Å².